The van der Waals surface area contributed by atoms with Crippen molar-refractivity contribution < 1.29 is 4.74 Å². The number of nitrogens with zero attached hydrogens (tertiary/aromatic N) is 3. The number of halogens is 1. The molecule has 1 rings (SSSR count). The molecule has 1 unspecified atom stereocenters. The number of aryl methyl sites for hydroxylation is 1. The fourth-order valence-corrected chi connectivity index (χ4v) is 2.20. The van der Waals surface area contributed by atoms with E-state index in [4.69, 9.17) is 4.74 Å². The summed E-state index contributed by atoms with van der Waals surface area (Å²) in [6, 6.07) is 2.26. The second-order valence-corrected chi connectivity index (χ2v) is 4.72. The fraction of sp³-hybridized carbons (Fsp3) is 0.667. The molecule has 0 bridgehead atoms. The van der Waals surface area contributed by atoms with E-state index in [1.165, 1.54) is 0 Å². The van der Waals surface area contributed by atoms with Gasteiger partial charge in [0.25, 0.3) is 0 Å². The summed E-state index contributed by atoms with van der Waals surface area (Å²) in [7, 11) is 1.72. The summed E-state index contributed by atoms with van der Waals surface area (Å²) in [5.74, 6) is 1.81. The molecule has 1 heterocycles. The minimum Gasteiger partial charge on any atom is -0.383 e. The Bertz CT molecular complexity index is 360. The van der Waals surface area contributed by atoms with Gasteiger partial charge in [-0.2, -0.15) is 0 Å². The number of ether oxygens (including phenoxy) is 1. The zero-order valence-corrected chi connectivity index (χ0v) is 12.5. The molecule has 5 heteroatoms. The van der Waals surface area contributed by atoms with E-state index in [0.717, 1.165) is 29.2 Å². The molecule has 1 aromatic rings. The van der Waals surface area contributed by atoms with Crippen molar-refractivity contribution in [2.75, 3.05) is 25.2 Å². The molecule has 0 radical (unpaired) electrons. The molecular weight excluding hydrogens is 282 g/mol. The molecule has 0 fully saturated rings. The lowest BCUT2D eigenvalue weighted by atomic mass is 10.3. The van der Waals surface area contributed by atoms with Crippen molar-refractivity contribution in [3.05, 3.63) is 16.5 Å². The van der Waals surface area contributed by atoms with Gasteiger partial charge in [-0.15, -0.1) is 0 Å². The molecule has 96 valence electrons. The average molecular weight is 302 g/mol. The number of rotatable bonds is 6. The SMILES string of the molecule is CCc1nc(Br)cc(N(CC)C(C)COC)n1. The van der Waals surface area contributed by atoms with E-state index in [0.29, 0.717) is 12.6 Å². The van der Waals surface area contributed by atoms with E-state index >= 15 is 0 Å². The van der Waals surface area contributed by atoms with Gasteiger partial charge in [0.05, 0.1) is 12.6 Å². The molecule has 0 aliphatic heterocycles. The lowest BCUT2D eigenvalue weighted by Crippen LogP contribution is -2.37. The van der Waals surface area contributed by atoms with Gasteiger partial charge in [-0.3, -0.25) is 0 Å². The molecule has 0 saturated heterocycles. The average Bonchev–Trinajstić information content (AvgIpc) is 2.29. The number of anilines is 1. The van der Waals surface area contributed by atoms with Gasteiger partial charge >= 0.3 is 0 Å². The van der Waals surface area contributed by atoms with Crippen LogP contribution in [0.15, 0.2) is 10.7 Å². The molecule has 1 aromatic heterocycles. The molecule has 0 spiro atoms. The maximum absolute atomic E-state index is 5.20. The first-order valence-corrected chi connectivity index (χ1v) is 6.70. The Hall–Kier alpha value is -0.680. The Morgan fingerprint density at radius 2 is 2.12 bits per heavy atom. The van der Waals surface area contributed by atoms with E-state index in [2.05, 4.69) is 51.6 Å². The summed E-state index contributed by atoms with van der Waals surface area (Å²) in [4.78, 5) is 11.1. The van der Waals surface area contributed by atoms with Gasteiger partial charge < -0.3 is 9.64 Å². The monoisotopic (exact) mass is 301 g/mol. The molecule has 1 atom stereocenters. The van der Waals surface area contributed by atoms with Gasteiger partial charge in [0, 0.05) is 26.1 Å². The number of methoxy groups -OCH3 is 1. The van der Waals surface area contributed by atoms with Crippen LogP contribution < -0.4 is 4.90 Å². The van der Waals surface area contributed by atoms with Gasteiger partial charge in [0.1, 0.15) is 16.2 Å². The van der Waals surface area contributed by atoms with E-state index < -0.39 is 0 Å². The van der Waals surface area contributed by atoms with Crippen LogP contribution in [-0.2, 0) is 11.2 Å². The standard InChI is InChI=1S/C12H20BrN3O/c1-5-11-14-10(13)7-12(15-11)16(6-2)9(3)8-17-4/h7,9H,5-6,8H2,1-4H3. The quantitative estimate of drug-likeness (QED) is 0.757. The molecule has 0 amide bonds. The van der Waals surface area contributed by atoms with Crippen LogP contribution >= 0.6 is 15.9 Å². The van der Waals surface area contributed by atoms with Crippen LogP contribution in [0.25, 0.3) is 0 Å². The minimum atomic E-state index is 0.302. The highest BCUT2D eigenvalue weighted by molar-refractivity contribution is 9.10. The second kappa shape index (κ2) is 6.91. The van der Waals surface area contributed by atoms with Crippen molar-refractivity contribution in [3.63, 3.8) is 0 Å². The Morgan fingerprint density at radius 3 is 2.65 bits per heavy atom. The lowest BCUT2D eigenvalue weighted by molar-refractivity contribution is 0.181. The van der Waals surface area contributed by atoms with Crippen molar-refractivity contribution in [1.29, 1.82) is 0 Å². The number of likely N-dealkylation sites (N-methyl/N-ethyl adjacent to an activating group) is 1. The van der Waals surface area contributed by atoms with Gasteiger partial charge in [0.15, 0.2) is 0 Å². The summed E-state index contributed by atoms with van der Waals surface area (Å²) in [5.41, 5.74) is 0. The van der Waals surface area contributed by atoms with Crippen LogP contribution in [0, 0.1) is 0 Å². The highest BCUT2D eigenvalue weighted by Gasteiger charge is 2.15. The van der Waals surface area contributed by atoms with Crippen molar-refractivity contribution in [2.45, 2.75) is 33.2 Å². The van der Waals surface area contributed by atoms with E-state index in [1.807, 2.05) is 6.07 Å². The Morgan fingerprint density at radius 1 is 1.41 bits per heavy atom. The number of aromatic nitrogens is 2. The maximum atomic E-state index is 5.20. The van der Waals surface area contributed by atoms with Gasteiger partial charge in [-0.05, 0) is 29.8 Å². The van der Waals surface area contributed by atoms with Crippen molar-refractivity contribution >= 4 is 21.7 Å². The smallest absolute Gasteiger partial charge is 0.133 e. The van der Waals surface area contributed by atoms with Gasteiger partial charge in [0.2, 0.25) is 0 Å². The number of hydrogen-bond acceptors (Lipinski definition) is 4. The van der Waals surface area contributed by atoms with Gasteiger partial charge in [-0.1, -0.05) is 6.92 Å². The molecule has 0 aliphatic carbocycles. The molecular formula is C12H20BrN3O. The third-order valence-corrected chi connectivity index (χ3v) is 3.03. The van der Waals surface area contributed by atoms with Crippen LogP contribution in [0.5, 0.6) is 0 Å². The summed E-state index contributed by atoms with van der Waals surface area (Å²) in [6.07, 6.45) is 0.836. The summed E-state index contributed by atoms with van der Waals surface area (Å²) in [6.45, 7) is 7.90. The summed E-state index contributed by atoms with van der Waals surface area (Å²) in [5, 5.41) is 0. The predicted molar refractivity (Wildman–Crippen MR) is 73.5 cm³/mol. The first-order valence-electron chi connectivity index (χ1n) is 5.91. The molecule has 0 N–H and O–H groups in total. The van der Waals surface area contributed by atoms with Crippen molar-refractivity contribution in [3.8, 4) is 0 Å². The topological polar surface area (TPSA) is 38.2 Å². The van der Waals surface area contributed by atoms with Crippen molar-refractivity contribution in [1.82, 2.24) is 9.97 Å². The molecule has 0 aromatic carbocycles. The highest BCUT2D eigenvalue weighted by atomic mass is 79.9. The van der Waals surface area contributed by atoms with Crippen LogP contribution in [0.2, 0.25) is 0 Å². The Kier molecular flexibility index (Phi) is 5.85. The van der Waals surface area contributed by atoms with Crippen LogP contribution in [0.3, 0.4) is 0 Å². The second-order valence-electron chi connectivity index (χ2n) is 3.91. The fourth-order valence-electron chi connectivity index (χ4n) is 1.79. The van der Waals surface area contributed by atoms with E-state index in [9.17, 15) is 0 Å². The normalized spacial score (nSPS) is 12.5. The third kappa shape index (κ3) is 3.92. The zero-order valence-electron chi connectivity index (χ0n) is 10.9. The predicted octanol–water partition coefficient (Wildman–Crippen LogP) is 2.66. The summed E-state index contributed by atoms with van der Waals surface area (Å²) < 4.78 is 6.03. The Labute approximate surface area is 112 Å². The highest BCUT2D eigenvalue weighted by Crippen LogP contribution is 2.19. The molecule has 0 aliphatic rings. The van der Waals surface area contributed by atoms with Crippen LogP contribution in [0.1, 0.15) is 26.6 Å². The largest absolute Gasteiger partial charge is 0.383 e. The minimum absolute atomic E-state index is 0.302. The molecule has 17 heavy (non-hydrogen) atoms. The van der Waals surface area contributed by atoms with E-state index in [-0.39, 0.29) is 0 Å². The van der Waals surface area contributed by atoms with Crippen LogP contribution in [0.4, 0.5) is 5.82 Å². The summed E-state index contributed by atoms with van der Waals surface area (Å²) >= 11 is 3.43. The lowest BCUT2D eigenvalue weighted by Gasteiger charge is -2.28. The maximum Gasteiger partial charge on any atom is 0.133 e. The molecule has 0 saturated carbocycles. The van der Waals surface area contributed by atoms with Crippen LogP contribution in [-0.4, -0.2) is 36.3 Å². The third-order valence-electron chi connectivity index (χ3n) is 2.62. The zero-order chi connectivity index (χ0) is 12.8. The Balaban J connectivity index is 2.98. The first-order chi connectivity index (χ1) is 8.12. The van der Waals surface area contributed by atoms with E-state index in [1.54, 1.807) is 7.11 Å². The van der Waals surface area contributed by atoms with Crippen molar-refractivity contribution in [2.24, 2.45) is 0 Å². The van der Waals surface area contributed by atoms with Gasteiger partial charge in [-0.25, -0.2) is 9.97 Å². The first kappa shape index (κ1) is 14.4. The number of hydrogen-bond donors (Lipinski definition) is 0. The molecule has 4 nitrogen and oxygen atoms in total.